The molecule has 7 nitrogen and oxygen atoms in total. The van der Waals surface area contributed by atoms with Crippen molar-refractivity contribution in [2.75, 3.05) is 38.2 Å². The standard InChI is InChI=1S/C29H38BrN3O4S/c1-6-12-31(5)26(35)22-23-27(36)33(14-8-9-15-34)25(29(23)17-20(30)24(22)38-29)28(37)32(13-7-2)21-16-18(3)10-11-19(21)4/h6-7,10-11,16,20,22-25,34H,1-2,8-9,12-15,17H2,3-5H3/t20?,22-,23-,24-,25?,29?/m0/s1. The number of amides is 3. The van der Waals surface area contributed by atoms with E-state index in [1.807, 2.05) is 32.0 Å². The molecule has 1 aromatic carbocycles. The van der Waals surface area contributed by atoms with Gasteiger partial charge in [0.15, 0.2) is 0 Å². The lowest BCUT2D eigenvalue weighted by Crippen LogP contribution is -2.56. The van der Waals surface area contributed by atoms with Crippen LogP contribution >= 0.6 is 27.7 Å². The van der Waals surface area contributed by atoms with Crippen LogP contribution in [0, 0.1) is 25.7 Å². The van der Waals surface area contributed by atoms with Crippen LogP contribution in [0.2, 0.25) is 0 Å². The van der Waals surface area contributed by atoms with E-state index < -0.39 is 22.6 Å². The van der Waals surface area contributed by atoms with Gasteiger partial charge in [0.1, 0.15) is 6.04 Å². The van der Waals surface area contributed by atoms with Crippen molar-refractivity contribution in [1.82, 2.24) is 9.80 Å². The number of likely N-dealkylation sites (tertiary alicyclic amines) is 1. The summed E-state index contributed by atoms with van der Waals surface area (Å²) in [5.41, 5.74) is 2.82. The maximum absolute atomic E-state index is 14.6. The molecule has 3 aliphatic rings. The summed E-state index contributed by atoms with van der Waals surface area (Å²) in [6, 6.07) is 5.31. The van der Waals surface area contributed by atoms with Gasteiger partial charge in [0.25, 0.3) is 5.91 Å². The smallest absolute Gasteiger partial charge is 0.251 e. The first-order chi connectivity index (χ1) is 18.1. The molecule has 0 aliphatic carbocycles. The van der Waals surface area contributed by atoms with Crippen LogP contribution in [0.5, 0.6) is 0 Å². The van der Waals surface area contributed by atoms with E-state index in [2.05, 4.69) is 29.1 Å². The summed E-state index contributed by atoms with van der Waals surface area (Å²) in [6.07, 6.45) is 5.15. The van der Waals surface area contributed by atoms with Crippen molar-refractivity contribution < 1.29 is 19.5 Å². The van der Waals surface area contributed by atoms with Gasteiger partial charge in [-0.25, -0.2) is 0 Å². The molecule has 3 heterocycles. The molecule has 0 saturated carbocycles. The number of carbonyl (C=O) groups is 3. The summed E-state index contributed by atoms with van der Waals surface area (Å²) < 4.78 is -0.710. The number of hydrogen-bond acceptors (Lipinski definition) is 5. The summed E-state index contributed by atoms with van der Waals surface area (Å²) in [4.78, 5) is 47.6. The number of benzene rings is 1. The number of anilines is 1. The first kappa shape index (κ1) is 28.9. The number of halogens is 1. The maximum atomic E-state index is 14.6. The number of alkyl halides is 1. The Morgan fingerprint density at radius 2 is 1.92 bits per heavy atom. The number of unbranched alkanes of at least 4 members (excludes halogenated alkanes) is 1. The Kier molecular flexibility index (Phi) is 8.79. The quantitative estimate of drug-likeness (QED) is 0.237. The molecule has 3 saturated heterocycles. The minimum Gasteiger partial charge on any atom is -0.396 e. The van der Waals surface area contributed by atoms with Crippen LogP contribution in [-0.4, -0.2) is 86.8 Å². The molecule has 206 valence electrons. The highest BCUT2D eigenvalue weighted by Gasteiger charge is 2.75. The van der Waals surface area contributed by atoms with Gasteiger partial charge < -0.3 is 19.8 Å². The van der Waals surface area contributed by atoms with E-state index in [0.29, 0.717) is 38.9 Å². The van der Waals surface area contributed by atoms with Crippen LogP contribution in [0.15, 0.2) is 43.5 Å². The van der Waals surface area contributed by atoms with E-state index in [4.69, 9.17) is 0 Å². The molecular weight excluding hydrogens is 566 g/mol. The van der Waals surface area contributed by atoms with Gasteiger partial charge in [-0.15, -0.1) is 24.9 Å². The van der Waals surface area contributed by atoms with Crippen molar-refractivity contribution in [2.24, 2.45) is 11.8 Å². The number of fused-ring (bicyclic) bond motifs is 1. The Bertz CT molecular complexity index is 1130. The van der Waals surface area contributed by atoms with E-state index in [9.17, 15) is 19.5 Å². The Hall–Kier alpha value is -2.10. The summed E-state index contributed by atoms with van der Waals surface area (Å²) in [5, 5.41) is 9.32. The van der Waals surface area contributed by atoms with Gasteiger partial charge in [0.2, 0.25) is 11.8 Å². The molecule has 0 radical (unpaired) electrons. The number of aryl methyl sites for hydroxylation is 2. The molecule has 0 aromatic heterocycles. The van der Waals surface area contributed by atoms with Gasteiger partial charge in [-0.05, 0) is 50.3 Å². The number of thioether (sulfide) groups is 1. The van der Waals surface area contributed by atoms with Crippen LogP contribution in [0.25, 0.3) is 0 Å². The Morgan fingerprint density at radius 1 is 1.21 bits per heavy atom. The van der Waals surface area contributed by atoms with Crippen LogP contribution in [-0.2, 0) is 14.4 Å². The number of carbonyl (C=O) groups excluding carboxylic acids is 3. The van der Waals surface area contributed by atoms with Crippen molar-refractivity contribution >= 4 is 51.1 Å². The Morgan fingerprint density at radius 3 is 2.58 bits per heavy atom. The molecule has 38 heavy (non-hydrogen) atoms. The van der Waals surface area contributed by atoms with Crippen molar-refractivity contribution in [1.29, 1.82) is 0 Å². The lowest BCUT2D eigenvalue weighted by molar-refractivity contribution is -0.143. The molecule has 1 N–H and O–H groups in total. The van der Waals surface area contributed by atoms with Gasteiger partial charge >= 0.3 is 0 Å². The second-order valence-electron chi connectivity index (χ2n) is 10.7. The van der Waals surface area contributed by atoms with Crippen LogP contribution in [0.1, 0.15) is 30.4 Å². The summed E-state index contributed by atoms with van der Waals surface area (Å²) >= 11 is 5.47. The van der Waals surface area contributed by atoms with E-state index in [0.717, 1.165) is 16.8 Å². The minimum absolute atomic E-state index is 0.0175. The van der Waals surface area contributed by atoms with Gasteiger partial charge in [-0.2, -0.15) is 0 Å². The highest BCUT2D eigenvalue weighted by molar-refractivity contribution is 9.09. The van der Waals surface area contributed by atoms with E-state index in [1.54, 1.807) is 45.7 Å². The molecule has 3 aliphatic heterocycles. The SMILES string of the molecule is C=CCN(C)C(=O)[C@H]1[C@H]2C(=O)N(CCCCO)C(C(=O)N(CC=C)c3cc(C)ccc3C)C23CC(Br)[C@@H]1S3. The molecule has 1 aromatic rings. The molecular formula is C29H38BrN3O4S. The highest BCUT2D eigenvalue weighted by Crippen LogP contribution is 2.68. The monoisotopic (exact) mass is 603 g/mol. The van der Waals surface area contributed by atoms with Crippen molar-refractivity contribution in [2.45, 2.75) is 54.0 Å². The topological polar surface area (TPSA) is 81.2 Å². The van der Waals surface area contributed by atoms with Gasteiger partial charge in [0, 0.05) is 49.1 Å². The zero-order valence-electron chi connectivity index (χ0n) is 22.4. The third kappa shape index (κ3) is 4.75. The molecule has 3 unspecified atom stereocenters. The molecule has 6 atom stereocenters. The highest BCUT2D eigenvalue weighted by atomic mass is 79.9. The van der Waals surface area contributed by atoms with E-state index in [-0.39, 0.29) is 34.4 Å². The molecule has 3 amide bonds. The third-order valence-corrected chi connectivity index (χ3v) is 11.3. The second-order valence-corrected chi connectivity index (χ2v) is 13.4. The predicted octanol–water partition coefficient (Wildman–Crippen LogP) is 3.70. The number of hydrogen-bond donors (Lipinski definition) is 1. The van der Waals surface area contributed by atoms with Crippen LogP contribution in [0.3, 0.4) is 0 Å². The molecule has 4 rings (SSSR count). The molecule has 2 bridgehead atoms. The number of aliphatic hydroxyl groups excluding tert-OH is 1. The summed E-state index contributed by atoms with van der Waals surface area (Å²) in [7, 11) is 1.74. The number of rotatable bonds is 11. The lowest BCUT2D eigenvalue weighted by atomic mass is 9.70. The zero-order valence-corrected chi connectivity index (χ0v) is 24.8. The maximum Gasteiger partial charge on any atom is 0.251 e. The number of nitrogens with zero attached hydrogens (tertiary/aromatic N) is 3. The van der Waals surface area contributed by atoms with Gasteiger partial charge in [-0.1, -0.05) is 40.2 Å². The fourth-order valence-corrected chi connectivity index (χ4v) is 10.1. The number of aliphatic hydroxyl groups is 1. The van der Waals surface area contributed by atoms with E-state index in [1.165, 1.54) is 0 Å². The van der Waals surface area contributed by atoms with Crippen molar-refractivity contribution in [3.8, 4) is 0 Å². The fraction of sp³-hybridized carbons (Fsp3) is 0.552. The van der Waals surface area contributed by atoms with Crippen molar-refractivity contribution in [3.05, 3.63) is 54.6 Å². The second kappa shape index (κ2) is 11.6. The zero-order chi connectivity index (χ0) is 27.8. The van der Waals surface area contributed by atoms with Crippen molar-refractivity contribution in [3.63, 3.8) is 0 Å². The van der Waals surface area contributed by atoms with Crippen LogP contribution < -0.4 is 4.90 Å². The largest absolute Gasteiger partial charge is 0.396 e. The minimum atomic E-state index is -0.712. The fourth-order valence-electron chi connectivity index (χ4n) is 6.46. The first-order valence-electron chi connectivity index (χ1n) is 13.2. The Balaban J connectivity index is 1.80. The summed E-state index contributed by atoms with van der Waals surface area (Å²) in [6.45, 7) is 12.7. The molecule has 9 heteroatoms. The normalized spacial score (nSPS) is 29.3. The molecule has 1 spiro atoms. The Labute approximate surface area is 238 Å². The average Bonchev–Trinajstić information content (AvgIpc) is 3.47. The predicted molar refractivity (Wildman–Crippen MR) is 157 cm³/mol. The summed E-state index contributed by atoms with van der Waals surface area (Å²) in [5.74, 6) is -1.42. The number of likely N-dealkylation sites (N-methyl/N-ethyl adjacent to an activating group) is 1. The van der Waals surface area contributed by atoms with Gasteiger partial charge in [-0.3, -0.25) is 14.4 Å². The van der Waals surface area contributed by atoms with Crippen LogP contribution in [0.4, 0.5) is 5.69 Å². The third-order valence-electron chi connectivity index (χ3n) is 8.13. The average molecular weight is 605 g/mol. The lowest BCUT2D eigenvalue weighted by Gasteiger charge is -2.38. The van der Waals surface area contributed by atoms with Gasteiger partial charge in [0.05, 0.1) is 16.6 Å². The molecule has 3 fully saturated rings. The van der Waals surface area contributed by atoms with E-state index >= 15 is 0 Å². The first-order valence-corrected chi connectivity index (χ1v) is 15.0.